The Labute approximate surface area is 159 Å². The van der Waals surface area contributed by atoms with Gasteiger partial charge in [0.1, 0.15) is 12.4 Å². The lowest BCUT2D eigenvalue weighted by atomic mass is 10.1. The van der Waals surface area contributed by atoms with E-state index in [1.165, 1.54) is 5.56 Å². The second kappa shape index (κ2) is 8.60. The van der Waals surface area contributed by atoms with Crippen LogP contribution in [-0.2, 0) is 13.2 Å². The Balaban J connectivity index is 1.35. The van der Waals surface area contributed by atoms with Crippen molar-refractivity contribution in [3.63, 3.8) is 0 Å². The number of pyridine rings is 1. The molecule has 1 saturated heterocycles. The average Bonchev–Trinajstić information content (AvgIpc) is 2.75. The van der Waals surface area contributed by atoms with Crippen molar-refractivity contribution in [3.8, 4) is 5.75 Å². The minimum atomic E-state index is 0.483. The van der Waals surface area contributed by atoms with Gasteiger partial charge in [0.2, 0.25) is 5.95 Å². The van der Waals surface area contributed by atoms with E-state index in [1.54, 1.807) is 18.6 Å². The zero-order chi connectivity index (χ0) is 18.3. The van der Waals surface area contributed by atoms with Gasteiger partial charge in [0.25, 0.3) is 0 Å². The fourth-order valence-electron chi connectivity index (χ4n) is 3.21. The van der Waals surface area contributed by atoms with Crippen molar-refractivity contribution in [3.05, 3.63) is 78.4 Å². The molecule has 6 heteroatoms. The highest BCUT2D eigenvalue weighted by atomic mass is 16.5. The normalized spacial score (nSPS) is 14.9. The van der Waals surface area contributed by atoms with Crippen molar-refractivity contribution in [2.45, 2.75) is 13.2 Å². The molecule has 1 aromatic carbocycles. The third kappa shape index (κ3) is 4.60. The summed E-state index contributed by atoms with van der Waals surface area (Å²) in [5.41, 5.74) is 2.14. The number of hydrogen-bond acceptors (Lipinski definition) is 6. The average molecular weight is 361 g/mol. The molecule has 6 nitrogen and oxygen atoms in total. The van der Waals surface area contributed by atoms with E-state index in [1.807, 2.05) is 36.4 Å². The molecule has 1 fully saturated rings. The van der Waals surface area contributed by atoms with E-state index in [-0.39, 0.29) is 0 Å². The Morgan fingerprint density at radius 1 is 0.778 bits per heavy atom. The van der Waals surface area contributed by atoms with Crippen LogP contribution in [0.3, 0.4) is 0 Å². The second-order valence-electron chi connectivity index (χ2n) is 6.53. The summed E-state index contributed by atoms with van der Waals surface area (Å²) in [6.45, 7) is 5.18. The first-order chi connectivity index (χ1) is 13.4. The number of rotatable bonds is 6. The summed E-state index contributed by atoms with van der Waals surface area (Å²) in [6.07, 6.45) is 5.38. The lowest BCUT2D eigenvalue weighted by Gasteiger charge is -2.34. The molecule has 3 aromatic rings. The van der Waals surface area contributed by atoms with Gasteiger partial charge in [0, 0.05) is 56.9 Å². The Hall–Kier alpha value is -2.99. The molecule has 3 heterocycles. The summed E-state index contributed by atoms with van der Waals surface area (Å²) in [4.78, 5) is 17.7. The van der Waals surface area contributed by atoms with E-state index in [4.69, 9.17) is 4.74 Å². The van der Waals surface area contributed by atoms with Crippen molar-refractivity contribution in [2.24, 2.45) is 0 Å². The van der Waals surface area contributed by atoms with Crippen LogP contribution >= 0.6 is 0 Å². The lowest BCUT2D eigenvalue weighted by molar-refractivity contribution is 0.239. The Bertz CT molecular complexity index is 835. The molecule has 0 unspecified atom stereocenters. The number of piperazine rings is 1. The van der Waals surface area contributed by atoms with Gasteiger partial charge in [-0.15, -0.1) is 0 Å². The van der Waals surface area contributed by atoms with E-state index >= 15 is 0 Å². The number of nitrogens with zero attached hydrogens (tertiary/aromatic N) is 5. The van der Waals surface area contributed by atoms with Gasteiger partial charge in [-0.25, -0.2) is 9.97 Å². The molecular weight excluding hydrogens is 338 g/mol. The molecule has 0 amide bonds. The quantitative estimate of drug-likeness (QED) is 0.673. The monoisotopic (exact) mass is 361 g/mol. The van der Waals surface area contributed by atoms with Gasteiger partial charge in [0.05, 0.1) is 5.69 Å². The molecule has 0 radical (unpaired) electrons. The first-order valence-electron chi connectivity index (χ1n) is 9.23. The van der Waals surface area contributed by atoms with E-state index < -0.39 is 0 Å². The molecular formula is C21H23N5O. The van der Waals surface area contributed by atoms with E-state index in [2.05, 4.69) is 36.9 Å². The van der Waals surface area contributed by atoms with Gasteiger partial charge < -0.3 is 9.64 Å². The van der Waals surface area contributed by atoms with Crippen LogP contribution in [0.4, 0.5) is 5.95 Å². The predicted octanol–water partition coefficient (Wildman–Crippen LogP) is 2.77. The number of aromatic nitrogens is 3. The SMILES string of the molecule is c1ccc(COc2ccccc2CN2CCN(c3ncccn3)CC2)nc1. The van der Waals surface area contributed by atoms with Crippen LogP contribution in [0.1, 0.15) is 11.3 Å². The van der Waals surface area contributed by atoms with Gasteiger partial charge in [-0.2, -0.15) is 0 Å². The summed E-state index contributed by atoms with van der Waals surface area (Å²) < 4.78 is 6.04. The summed E-state index contributed by atoms with van der Waals surface area (Å²) in [6, 6.07) is 16.0. The second-order valence-corrected chi connectivity index (χ2v) is 6.53. The van der Waals surface area contributed by atoms with E-state index in [0.29, 0.717) is 6.61 Å². The number of benzene rings is 1. The van der Waals surface area contributed by atoms with Gasteiger partial charge in [-0.1, -0.05) is 24.3 Å². The third-order valence-electron chi connectivity index (χ3n) is 4.68. The third-order valence-corrected chi connectivity index (χ3v) is 4.68. The molecule has 0 saturated carbocycles. The molecule has 1 aliphatic heterocycles. The first kappa shape index (κ1) is 17.4. The van der Waals surface area contributed by atoms with Gasteiger partial charge in [0.15, 0.2) is 0 Å². The van der Waals surface area contributed by atoms with Crippen LogP contribution in [0.2, 0.25) is 0 Å². The van der Waals surface area contributed by atoms with Crippen LogP contribution in [0, 0.1) is 0 Å². The highest BCUT2D eigenvalue weighted by molar-refractivity contribution is 5.34. The van der Waals surface area contributed by atoms with Gasteiger partial charge in [-0.05, 0) is 24.3 Å². The molecule has 0 spiro atoms. The number of anilines is 1. The minimum absolute atomic E-state index is 0.483. The molecule has 1 aliphatic rings. The van der Waals surface area contributed by atoms with Gasteiger partial charge in [-0.3, -0.25) is 9.88 Å². The van der Waals surface area contributed by atoms with Crippen LogP contribution in [0.15, 0.2) is 67.1 Å². The maximum atomic E-state index is 6.04. The molecule has 0 atom stereocenters. The largest absolute Gasteiger partial charge is 0.487 e. The predicted molar refractivity (Wildman–Crippen MR) is 105 cm³/mol. The molecule has 4 rings (SSSR count). The Kier molecular flexibility index (Phi) is 5.55. The molecule has 27 heavy (non-hydrogen) atoms. The Morgan fingerprint density at radius 3 is 2.30 bits per heavy atom. The van der Waals surface area contributed by atoms with Gasteiger partial charge >= 0.3 is 0 Å². The van der Waals surface area contributed by atoms with Crippen molar-refractivity contribution in [2.75, 3.05) is 31.1 Å². The minimum Gasteiger partial charge on any atom is -0.487 e. The standard InChI is InChI=1S/C21H23N5O/c1-2-8-20(27-17-19-7-3-4-9-22-19)18(6-1)16-25-12-14-26(15-13-25)21-23-10-5-11-24-21/h1-11H,12-17H2. The smallest absolute Gasteiger partial charge is 0.225 e. The van der Waals surface area contributed by atoms with E-state index in [0.717, 1.165) is 50.1 Å². The van der Waals surface area contributed by atoms with Crippen molar-refractivity contribution in [1.29, 1.82) is 0 Å². The summed E-state index contributed by atoms with van der Waals surface area (Å²) in [5.74, 6) is 1.74. The van der Waals surface area contributed by atoms with Crippen molar-refractivity contribution in [1.82, 2.24) is 19.9 Å². The number of ether oxygens (including phenoxy) is 1. The number of para-hydroxylation sites is 1. The lowest BCUT2D eigenvalue weighted by Crippen LogP contribution is -2.46. The molecule has 0 N–H and O–H groups in total. The summed E-state index contributed by atoms with van der Waals surface area (Å²) in [7, 11) is 0. The maximum absolute atomic E-state index is 6.04. The molecule has 2 aromatic heterocycles. The van der Waals surface area contributed by atoms with Crippen molar-refractivity contribution >= 4 is 5.95 Å². The molecule has 0 aliphatic carbocycles. The Morgan fingerprint density at radius 2 is 1.52 bits per heavy atom. The fourth-order valence-corrected chi connectivity index (χ4v) is 3.21. The van der Waals surface area contributed by atoms with Crippen LogP contribution in [-0.4, -0.2) is 46.0 Å². The molecule has 138 valence electrons. The summed E-state index contributed by atoms with van der Waals surface area (Å²) >= 11 is 0. The zero-order valence-corrected chi connectivity index (χ0v) is 15.2. The maximum Gasteiger partial charge on any atom is 0.225 e. The van der Waals surface area contributed by atoms with Crippen LogP contribution in [0.25, 0.3) is 0 Å². The molecule has 0 bridgehead atoms. The first-order valence-corrected chi connectivity index (χ1v) is 9.23. The highest BCUT2D eigenvalue weighted by Gasteiger charge is 2.19. The van der Waals surface area contributed by atoms with Crippen molar-refractivity contribution < 1.29 is 4.74 Å². The topological polar surface area (TPSA) is 54.4 Å². The van der Waals surface area contributed by atoms with Crippen LogP contribution < -0.4 is 9.64 Å². The summed E-state index contributed by atoms with van der Waals surface area (Å²) in [5, 5.41) is 0. The zero-order valence-electron chi connectivity index (χ0n) is 15.2. The number of hydrogen-bond donors (Lipinski definition) is 0. The fraction of sp³-hybridized carbons (Fsp3) is 0.286. The van der Waals surface area contributed by atoms with E-state index in [9.17, 15) is 0 Å². The van der Waals surface area contributed by atoms with Crippen LogP contribution in [0.5, 0.6) is 5.75 Å². The highest BCUT2D eigenvalue weighted by Crippen LogP contribution is 2.22.